The molecule has 1 heterocycles. The SMILES string of the molecule is COc1ccccc1NC(=O)Cn1c(C)ccc(C(=O)O)c1=O. The number of aromatic carboxylic acids is 1. The summed E-state index contributed by atoms with van der Waals surface area (Å²) in [6.07, 6.45) is 0. The van der Waals surface area contributed by atoms with E-state index in [1.165, 1.54) is 19.2 Å². The molecule has 120 valence electrons. The molecule has 1 amide bonds. The summed E-state index contributed by atoms with van der Waals surface area (Å²) in [5, 5.41) is 11.6. The lowest BCUT2D eigenvalue weighted by Crippen LogP contribution is -2.32. The molecule has 2 aromatic rings. The van der Waals surface area contributed by atoms with Gasteiger partial charge >= 0.3 is 5.97 Å². The molecule has 2 rings (SSSR count). The van der Waals surface area contributed by atoms with Crippen molar-refractivity contribution in [1.82, 2.24) is 4.57 Å². The zero-order chi connectivity index (χ0) is 17.0. The van der Waals surface area contributed by atoms with Crippen LogP contribution in [0.4, 0.5) is 5.69 Å². The van der Waals surface area contributed by atoms with Gasteiger partial charge in [0, 0.05) is 5.69 Å². The molecule has 0 radical (unpaired) electrons. The van der Waals surface area contributed by atoms with Crippen molar-refractivity contribution in [2.75, 3.05) is 12.4 Å². The van der Waals surface area contributed by atoms with Crippen LogP contribution in [-0.2, 0) is 11.3 Å². The van der Waals surface area contributed by atoms with Gasteiger partial charge in [-0.25, -0.2) is 4.79 Å². The number of benzene rings is 1. The van der Waals surface area contributed by atoms with Gasteiger partial charge in [0.1, 0.15) is 17.9 Å². The van der Waals surface area contributed by atoms with E-state index in [-0.39, 0.29) is 12.1 Å². The van der Waals surface area contributed by atoms with Crippen LogP contribution in [0.1, 0.15) is 16.1 Å². The lowest BCUT2D eigenvalue weighted by molar-refractivity contribution is -0.116. The molecule has 1 aromatic carbocycles. The monoisotopic (exact) mass is 316 g/mol. The van der Waals surface area contributed by atoms with Crippen LogP contribution in [-0.4, -0.2) is 28.7 Å². The first-order valence-electron chi connectivity index (χ1n) is 6.80. The number of nitrogens with one attached hydrogen (secondary N) is 1. The summed E-state index contributed by atoms with van der Waals surface area (Å²) in [6.45, 7) is 1.34. The minimum atomic E-state index is -1.33. The highest BCUT2D eigenvalue weighted by molar-refractivity contribution is 5.92. The number of carboxylic acid groups (broad SMARTS) is 1. The van der Waals surface area contributed by atoms with Crippen molar-refractivity contribution < 1.29 is 19.4 Å². The molecular weight excluding hydrogens is 300 g/mol. The van der Waals surface area contributed by atoms with Crippen LogP contribution in [0.3, 0.4) is 0 Å². The number of ether oxygens (including phenoxy) is 1. The number of carboxylic acids is 1. The fourth-order valence-electron chi connectivity index (χ4n) is 2.11. The molecule has 1 aromatic heterocycles. The van der Waals surface area contributed by atoms with Crippen LogP contribution in [0.2, 0.25) is 0 Å². The van der Waals surface area contributed by atoms with Crippen LogP contribution >= 0.6 is 0 Å². The number of methoxy groups -OCH3 is 1. The number of carbonyl (C=O) groups is 2. The third kappa shape index (κ3) is 3.57. The Labute approximate surface area is 132 Å². The number of para-hydroxylation sites is 2. The number of nitrogens with zero attached hydrogens (tertiary/aromatic N) is 1. The summed E-state index contributed by atoms with van der Waals surface area (Å²) in [6, 6.07) is 9.58. The van der Waals surface area contributed by atoms with Gasteiger partial charge in [0.2, 0.25) is 5.91 Å². The maximum absolute atomic E-state index is 12.2. The Kier molecular flexibility index (Phi) is 4.80. The molecule has 7 heteroatoms. The molecule has 0 unspecified atom stereocenters. The van der Waals surface area contributed by atoms with Crippen molar-refractivity contribution >= 4 is 17.6 Å². The lowest BCUT2D eigenvalue weighted by atomic mass is 10.2. The van der Waals surface area contributed by atoms with E-state index in [0.29, 0.717) is 17.1 Å². The van der Waals surface area contributed by atoms with E-state index in [9.17, 15) is 14.4 Å². The fourth-order valence-corrected chi connectivity index (χ4v) is 2.11. The second-order valence-electron chi connectivity index (χ2n) is 4.83. The van der Waals surface area contributed by atoms with E-state index < -0.39 is 17.4 Å². The van der Waals surface area contributed by atoms with Crippen molar-refractivity contribution in [2.24, 2.45) is 0 Å². The summed E-state index contributed by atoms with van der Waals surface area (Å²) in [5.41, 5.74) is -0.122. The molecule has 0 atom stereocenters. The number of hydrogen-bond donors (Lipinski definition) is 2. The first kappa shape index (κ1) is 16.3. The molecule has 0 fully saturated rings. The zero-order valence-corrected chi connectivity index (χ0v) is 12.7. The van der Waals surface area contributed by atoms with Crippen molar-refractivity contribution in [1.29, 1.82) is 0 Å². The maximum Gasteiger partial charge on any atom is 0.341 e. The number of pyridine rings is 1. The number of rotatable bonds is 5. The average molecular weight is 316 g/mol. The Bertz CT molecular complexity index is 810. The standard InChI is InChI=1S/C16H16N2O5/c1-10-7-8-11(16(21)22)15(20)18(10)9-14(19)17-12-5-3-4-6-13(12)23-2/h3-8H,9H2,1-2H3,(H,17,19)(H,21,22). The molecule has 0 saturated heterocycles. The van der Waals surface area contributed by atoms with Crippen molar-refractivity contribution in [3.63, 3.8) is 0 Å². The lowest BCUT2D eigenvalue weighted by Gasteiger charge is -2.13. The number of carbonyl (C=O) groups excluding carboxylic acids is 1. The van der Waals surface area contributed by atoms with Crippen LogP contribution in [0.15, 0.2) is 41.2 Å². The summed E-state index contributed by atoms with van der Waals surface area (Å²) < 4.78 is 6.25. The third-order valence-electron chi connectivity index (χ3n) is 3.31. The highest BCUT2D eigenvalue weighted by atomic mass is 16.5. The number of aryl methyl sites for hydroxylation is 1. The Hall–Kier alpha value is -3.09. The molecule has 7 nitrogen and oxygen atoms in total. The molecule has 0 saturated carbocycles. The normalized spacial score (nSPS) is 10.2. The number of hydrogen-bond acceptors (Lipinski definition) is 4. The highest BCUT2D eigenvalue weighted by Crippen LogP contribution is 2.22. The van der Waals surface area contributed by atoms with E-state index >= 15 is 0 Å². The maximum atomic E-state index is 12.2. The van der Waals surface area contributed by atoms with Gasteiger partial charge in [0.15, 0.2) is 0 Å². The summed E-state index contributed by atoms with van der Waals surface area (Å²) in [4.78, 5) is 35.3. The minimum Gasteiger partial charge on any atom is -0.495 e. The van der Waals surface area contributed by atoms with Crippen molar-refractivity contribution in [3.05, 3.63) is 58.0 Å². The first-order valence-corrected chi connectivity index (χ1v) is 6.80. The average Bonchev–Trinajstić information content (AvgIpc) is 2.51. The molecule has 0 aliphatic carbocycles. The van der Waals surface area contributed by atoms with E-state index in [1.807, 2.05) is 0 Å². The van der Waals surface area contributed by atoms with Crippen molar-refractivity contribution in [3.8, 4) is 5.75 Å². The Balaban J connectivity index is 2.26. The summed E-state index contributed by atoms with van der Waals surface area (Å²) >= 11 is 0. The van der Waals surface area contributed by atoms with Gasteiger partial charge in [-0.3, -0.25) is 9.59 Å². The summed E-state index contributed by atoms with van der Waals surface area (Å²) in [7, 11) is 1.48. The minimum absolute atomic E-state index is 0.288. The van der Waals surface area contributed by atoms with E-state index in [2.05, 4.69) is 5.32 Å². The molecule has 23 heavy (non-hydrogen) atoms. The number of amides is 1. The first-order chi connectivity index (χ1) is 10.9. The zero-order valence-electron chi connectivity index (χ0n) is 12.7. The van der Waals surface area contributed by atoms with E-state index in [1.54, 1.807) is 31.2 Å². The Morgan fingerprint density at radius 2 is 1.91 bits per heavy atom. The van der Waals surface area contributed by atoms with E-state index in [4.69, 9.17) is 9.84 Å². The highest BCUT2D eigenvalue weighted by Gasteiger charge is 2.15. The topological polar surface area (TPSA) is 97.6 Å². The van der Waals surface area contributed by atoms with Gasteiger partial charge in [-0.1, -0.05) is 12.1 Å². The number of aromatic nitrogens is 1. The predicted molar refractivity (Wildman–Crippen MR) is 84.0 cm³/mol. The quantitative estimate of drug-likeness (QED) is 0.871. The van der Waals surface area contributed by atoms with Crippen molar-refractivity contribution in [2.45, 2.75) is 13.5 Å². The van der Waals surface area contributed by atoms with E-state index in [0.717, 1.165) is 4.57 Å². The predicted octanol–water partition coefficient (Wildman–Crippen LogP) is 1.50. The van der Waals surface area contributed by atoms with Crippen LogP contribution < -0.4 is 15.6 Å². The fraction of sp³-hybridized carbons (Fsp3) is 0.188. The van der Waals surface area contributed by atoms with Gasteiger partial charge in [-0.2, -0.15) is 0 Å². The molecule has 2 N–H and O–H groups in total. The van der Waals surface area contributed by atoms with Gasteiger partial charge in [0.05, 0.1) is 12.8 Å². The molecule has 0 spiro atoms. The van der Waals surface area contributed by atoms with Crippen LogP contribution in [0.5, 0.6) is 5.75 Å². The van der Waals surface area contributed by atoms with Crippen LogP contribution in [0.25, 0.3) is 0 Å². The van der Waals surface area contributed by atoms with Gasteiger partial charge in [0.25, 0.3) is 5.56 Å². The van der Waals surface area contributed by atoms with Gasteiger partial charge in [-0.05, 0) is 31.2 Å². The second-order valence-corrected chi connectivity index (χ2v) is 4.83. The molecular formula is C16H16N2O5. The third-order valence-corrected chi connectivity index (χ3v) is 3.31. The smallest absolute Gasteiger partial charge is 0.341 e. The molecule has 0 aliphatic rings. The van der Waals surface area contributed by atoms with Crippen LogP contribution in [0, 0.1) is 6.92 Å². The Morgan fingerprint density at radius 3 is 2.57 bits per heavy atom. The number of anilines is 1. The van der Waals surface area contributed by atoms with Gasteiger partial charge < -0.3 is 19.7 Å². The largest absolute Gasteiger partial charge is 0.495 e. The molecule has 0 bridgehead atoms. The molecule has 0 aliphatic heterocycles. The van der Waals surface area contributed by atoms with Gasteiger partial charge in [-0.15, -0.1) is 0 Å². The Morgan fingerprint density at radius 1 is 1.22 bits per heavy atom. The second kappa shape index (κ2) is 6.78. The summed E-state index contributed by atoms with van der Waals surface area (Å²) in [5.74, 6) is -1.29.